The average Bonchev–Trinajstić information content (AvgIpc) is 3.53. The lowest BCUT2D eigenvalue weighted by molar-refractivity contribution is -0.129. The maximum Gasteiger partial charge on any atom is 0.242 e. The predicted octanol–water partition coefficient (Wildman–Crippen LogP) is -0.486. The van der Waals surface area contributed by atoms with Gasteiger partial charge in [-0.1, -0.05) is 12.8 Å². The van der Waals surface area contributed by atoms with E-state index in [-0.39, 0.29) is 30.8 Å². The molecule has 0 aromatic carbocycles. The first-order valence-corrected chi connectivity index (χ1v) is 10.2. The van der Waals surface area contributed by atoms with Gasteiger partial charge in [-0.05, 0) is 37.3 Å². The van der Waals surface area contributed by atoms with Crippen molar-refractivity contribution in [3.8, 4) is 5.75 Å². The second-order valence-electron chi connectivity index (χ2n) is 7.44. The molecule has 1 saturated carbocycles. The zero-order chi connectivity index (χ0) is 20.5. The van der Waals surface area contributed by atoms with Crippen molar-refractivity contribution in [2.24, 2.45) is 5.92 Å². The molecule has 1 fully saturated rings. The third-order valence-electron chi connectivity index (χ3n) is 4.92. The highest BCUT2D eigenvalue weighted by Gasteiger charge is 2.30. The van der Waals surface area contributed by atoms with E-state index in [9.17, 15) is 14.4 Å². The molecule has 3 amide bonds. The van der Waals surface area contributed by atoms with Crippen LogP contribution in [0, 0.1) is 5.92 Å². The van der Waals surface area contributed by atoms with Crippen LogP contribution in [0.25, 0.3) is 0 Å². The minimum Gasteiger partial charge on any atom is -0.490 e. The van der Waals surface area contributed by atoms with Crippen LogP contribution in [0.5, 0.6) is 5.75 Å². The Morgan fingerprint density at radius 1 is 1.07 bits per heavy atom. The fourth-order valence-corrected chi connectivity index (χ4v) is 3.17. The Morgan fingerprint density at radius 2 is 1.93 bits per heavy atom. The van der Waals surface area contributed by atoms with Crippen molar-refractivity contribution in [1.29, 1.82) is 0 Å². The Kier molecular flexibility index (Phi) is 7.80. The van der Waals surface area contributed by atoms with Crippen LogP contribution >= 0.6 is 0 Å². The highest BCUT2D eigenvalue weighted by atomic mass is 16.5. The SMILES string of the molecule is O=C1CNCCOc2cccnc2CCCNC(=O)C(CC2CC2)NC(=O)CN1. The van der Waals surface area contributed by atoms with Gasteiger partial charge in [-0.2, -0.15) is 0 Å². The number of carbonyl (C=O) groups is 3. The van der Waals surface area contributed by atoms with Gasteiger partial charge in [0.25, 0.3) is 0 Å². The minimum absolute atomic E-state index is 0.0858. The van der Waals surface area contributed by atoms with Crippen molar-refractivity contribution in [2.75, 3.05) is 32.8 Å². The molecule has 29 heavy (non-hydrogen) atoms. The van der Waals surface area contributed by atoms with Gasteiger partial charge in [0, 0.05) is 19.3 Å². The van der Waals surface area contributed by atoms with Gasteiger partial charge in [0.2, 0.25) is 17.7 Å². The van der Waals surface area contributed by atoms with Crippen LogP contribution in [-0.4, -0.2) is 61.5 Å². The molecular formula is C20H29N5O4. The maximum absolute atomic E-state index is 12.6. The van der Waals surface area contributed by atoms with E-state index in [1.54, 1.807) is 6.20 Å². The van der Waals surface area contributed by atoms with Crippen molar-refractivity contribution in [2.45, 2.75) is 38.1 Å². The molecule has 0 spiro atoms. The van der Waals surface area contributed by atoms with Crippen molar-refractivity contribution in [1.82, 2.24) is 26.3 Å². The lowest BCUT2D eigenvalue weighted by Crippen LogP contribution is -2.50. The van der Waals surface area contributed by atoms with Crippen LogP contribution in [0.2, 0.25) is 0 Å². The molecule has 1 aromatic rings. The fraction of sp³-hybridized carbons (Fsp3) is 0.600. The summed E-state index contributed by atoms with van der Waals surface area (Å²) in [7, 11) is 0. The third kappa shape index (κ3) is 7.34. The van der Waals surface area contributed by atoms with E-state index in [0.717, 1.165) is 25.0 Å². The Bertz CT molecular complexity index is 723. The molecule has 1 aliphatic heterocycles. The Hall–Kier alpha value is -2.68. The number of aromatic nitrogens is 1. The number of pyridine rings is 1. The van der Waals surface area contributed by atoms with Crippen LogP contribution < -0.4 is 26.0 Å². The second kappa shape index (κ2) is 10.8. The lowest BCUT2D eigenvalue weighted by atomic mass is 10.1. The predicted molar refractivity (Wildman–Crippen MR) is 106 cm³/mol. The first-order valence-electron chi connectivity index (χ1n) is 10.2. The van der Waals surface area contributed by atoms with Gasteiger partial charge in [0.05, 0.1) is 18.8 Å². The molecule has 0 bridgehead atoms. The van der Waals surface area contributed by atoms with Gasteiger partial charge in [0.15, 0.2) is 0 Å². The number of amides is 3. The largest absolute Gasteiger partial charge is 0.490 e. The zero-order valence-corrected chi connectivity index (χ0v) is 16.5. The number of aryl methyl sites for hydroxylation is 1. The number of rotatable bonds is 2. The van der Waals surface area contributed by atoms with Crippen LogP contribution in [0.1, 0.15) is 31.4 Å². The van der Waals surface area contributed by atoms with E-state index < -0.39 is 6.04 Å². The van der Waals surface area contributed by atoms with E-state index in [4.69, 9.17) is 4.74 Å². The maximum atomic E-state index is 12.6. The molecule has 2 heterocycles. The van der Waals surface area contributed by atoms with Crippen molar-refractivity contribution < 1.29 is 19.1 Å². The number of fused-ring (bicyclic) bond motifs is 1. The summed E-state index contributed by atoms with van der Waals surface area (Å²) >= 11 is 0. The Labute approximate surface area is 170 Å². The highest BCUT2D eigenvalue weighted by molar-refractivity contribution is 5.90. The van der Waals surface area contributed by atoms with Crippen molar-refractivity contribution in [3.63, 3.8) is 0 Å². The third-order valence-corrected chi connectivity index (χ3v) is 4.92. The molecule has 0 radical (unpaired) electrons. The van der Waals surface area contributed by atoms with Gasteiger partial charge in [-0.25, -0.2) is 0 Å². The summed E-state index contributed by atoms with van der Waals surface area (Å²) in [6.45, 7) is 1.32. The molecule has 4 N–H and O–H groups in total. The first-order chi connectivity index (χ1) is 14.1. The van der Waals surface area contributed by atoms with Gasteiger partial charge in [-0.15, -0.1) is 0 Å². The molecule has 1 atom stereocenters. The summed E-state index contributed by atoms with van der Waals surface area (Å²) in [6.07, 6.45) is 5.92. The Morgan fingerprint density at radius 3 is 2.76 bits per heavy atom. The van der Waals surface area contributed by atoms with Gasteiger partial charge in [-0.3, -0.25) is 19.4 Å². The standard InChI is InChI=1S/C20H29N5O4/c26-18-12-21-9-10-29-17-4-2-7-22-15(17)3-1-8-23-20(28)16(11-14-5-6-14)25-19(27)13-24-18/h2,4,7,14,16,21H,1,3,5-6,8-13H2,(H,23,28)(H,24,26)(H,25,27). The van der Waals surface area contributed by atoms with Crippen LogP contribution in [0.3, 0.4) is 0 Å². The van der Waals surface area contributed by atoms with E-state index in [1.807, 2.05) is 12.1 Å². The number of carbonyl (C=O) groups excluding carboxylic acids is 3. The number of hydrogen-bond acceptors (Lipinski definition) is 6. The van der Waals surface area contributed by atoms with E-state index in [2.05, 4.69) is 26.3 Å². The van der Waals surface area contributed by atoms with Crippen LogP contribution in [-0.2, 0) is 20.8 Å². The number of ether oxygens (including phenoxy) is 1. The van der Waals surface area contributed by atoms with Crippen molar-refractivity contribution in [3.05, 3.63) is 24.0 Å². The van der Waals surface area contributed by atoms with Gasteiger partial charge in [0.1, 0.15) is 18.4 Å². The summed E-state index contributed by atoms with van der Waals surface area (Å²) < 4.78 is 5.77. The quantitative estimate of drug-likeness (QED) is 0.529. The summed E-state index contributed by atoms with van der Waals surface area (Å²) in [6, 6.07) is 3.11. The van der Waals surface area contributed by atoms with Crippen molar-refractivity contribution >= 4 is 17.7 Å². The molecule has 1 aliphatic carbocycles. The normalized spacial score (nSPS) is 22.8. The lowest BCUT2D eigenvalue weighted by Gasteiger charge is -2.19. The molecule has 9 heteroatoms. The molecule has 1 aromatic heterocycles. The zero-order valence-electron chi connectivity index (χ0n) is 16.5. The molecule has 3 rings (SSSR count). The summed E-state index contributed by atoms with van der Waals surface area (Å²) in [5.74, 6) is 0.367. The summed E-state index contributed by atoms with van der Waals surface area (Å²) in [5, 5.41) is 11.2. The first kappa shape index (κ1) is 21.0. The van der Waals surface area contributed by atoms with E-state index >= 15 is 0 Å². The van der Waals surface area contributed by atoms with Gasteiger partial charge >= 0.3 is 0 Å². The number of hydrogen-bond donors (Lipinski definition) is 4. The summed E-state index contributed by atoms with van der Waals surface area (Å²) in [4.78, 5) is 41.0. The monoisotopic (exact) mass is 403 g/mol. The smallest absolute Gasteiger partial charge is 0.242 e. The minimum atomic E-state index is -0.572. The molecule has 158 valence electrons. The molecule has 1 unspecified atom stereocenters. The fourth-order valence-electron chi connectivity index (χ4n) is 3.17. The molecular weight excluding hydrogens is 374 g/mol. The average molecular weight is 403 g/mol. The van der Waals surface area contributed by atoms with Crippen LogP contribution in [0.15, 0.2) is 18.3 Å². The molecule has 9 nitrogen and oxygen atoms in total. The molecule has 2 aliphatic rings. The number of nitrogens with zero attached hydrogens (tertiary/aromatic N) is 1. The van der Waals surface area contributed by atoms with Crippen LogP contribution in [0.4, 0.5) is 0 Å². The topological polar surface area (TPSA) is 121 Å². The highest BCUT2D eigenvalue weighted by Crippen LogP contribution is 2.33. The van der Waals surface area contributed by atoms with E-state index in [1.165, 1.54) is 0 Å². The molecule has 0 saturated heterocycles. The number of nitrogens with one attached hydrogen (secondary N) is 4. The summed E-state index contributed by atoms with van der Waals surface area (Å²) in [5.41, 5.74) is 0.837. The second-order valence-corrected chi connectivity index (χ2v) is 7.44. The van der Waals surface area contributed by atoms with Gasteiger partial charge < -0.3 is 26.0 Å². The van der Waals surface area contributed by atoms with E-state index in [0.29, 0.717) is 44.2 Å². The Balaban J connectivity index is 1.62.